The van der Waals surface area contributed by atoms with Crippen LogP contribution >= 0.6 is 0 Å². The molecule has 0 unspecified atom stereocenters. The number of hydrogen-bond acceptors (Lipinski definition) is 5. The van der Waals surface area contributed by atoms with Gasteiger partial charge in [0.25, 0.3) is 0 Å². The molecule has 1 aliphatic rings. The zero-order valence-electron chi connectivity index (χ0n) is 3.12. The van der Waals surface area contributed by atoms with Gasteiger partial charge in [0, 0.05) is 45.7 Å². The second-order valence-corrected chi connectivity index (χ2v) is 0.553. The average molecular weight is 231 g/mol. The second kappa shape index (κ2) is 3.39. The van der Waals surface area contributed by atoms with E-state index in [1.54, 1.807) is 0 Å². The Hall–Kier alpha value is 0.385. The maximum atomic E-state index is 9.55. The van der Waals surface area contributed by atoms with Crippen LogP contribution in [0.15, 0.2) is 0 Å². The molecule has 1 aliphatic heterocycles. The molecule has 37 valence electrons. The van der Waals surface area contributed by atoms with Crippen molar-refractivity contribution in [1.29, 1.82) is 0 Å². The Kier molecular flexibility index (Phi) is 3.58. The molecule has 1 radical (unpaired) electrons. The fourth-order valence-electron chi connectivity index (χ4n) is 0.0972. The van der Waals surface area contributed by atoms with Crippen LogP contribution in [-0.4, -0.2) is 6.16 Å². The van der Waals surface area contributed by atoms with Crippen molar-refractivity contribution in [1.82, 2.24) is 0 Å². The van der Waals surface area contributed by atoms with Crippen LogP contribution in [0, 0.1) is 35.6 Å². The standard InChI is InChI=1S/CO5.La/c2-1-3-5-6-4-1;. The largest absolute Gasteiger partial charge is 0.577 e. The molecule has 1 fully saturated rings. The molecule has 5 nitrogen and oxygen atoms in total. The van der Waals surface area contributed by atoms with Gasteiger partial charge in [-0.05, 0) is 0 Å². The van der Waals surface area contributed by atoms with Crippen LogP contribution in [0.25, 0.3) is 0 Å². The average Bonchev–Trinajstić information content (AvgIpc) is 1.86. The van der Waals surface area contributed by atoms with Crippen LogP contribution < -0.4 is 0 Å². The summed E-state index contributed by atoms with van der Waals surface area (Å²) >= 11 is 0. The molecule has 0 aromatic rings. The Morgan fingerprint density at radius 2 is 1.57 bits per heavy atom. The molecular weight excluding hydrogens is 231 g/mol. The van der Waals surface area contributed by atoms with Crippen molar-refractivity contribution in [3.05, 3.63) is 0 Å². The van der Waals surface area contributed by atoms with E-state index in [0.717, 1.165) is 0 Å². The Bertz CT molecular complexity index is 62.5. The summed E-state index contributed by atoms with van der Waals surface area (Å²) in [6, 6.07) is 0. The Balaban J connectivity index is 0.000000360. The summed E-state index contributed by atoms with van der Waals surface area (Å²) in [5, 5.41) is 6.97. The van der Waals surface area contributed by atoms with Gasteiger partial charge in [0.1, 0.15) is 0 Å². The fraction of sp³-hybridized carbons (Fsp3) is 0. The van der Waals surface area contributed by atoms with E-state index < -0.39 is 6.16 Å². The van der Waals surface area contributed by atoms with Crippen molar-refractivity contribution < 1.29 is 60.2 Å². The molecule has 0 saturated carbocycles. The number of carbonyl (C=O) groups is 1. The maximum absolute atomic E-state index is 9.55. The normalized spacial score (nSPS) is 16.9. The Labute approximate surface area is 66.2 Å². The van der Waals surface area contributed by atoms with Crippen molar-refractivity contribution in [2.45, 2.75) is 0 Å². The molecule has 6 heteroatoms. The molecule has 0 aromatic heterocycles. The minimum atomic E-state index is -0.991. The maximum Gasteiger partial charge on any atom is 0.577 e. The van der Waals surface area contributed by atoms with Crippen molar-refractivity contribution >= 4 is 6.16 Å². The topological polar surface area (TPSA) is 54.0 Å². The minimum absolute atomic E-state index is 0. The van der Waals surface area contributed by atoms with Gasteiger partial charge in [-0.15, -0.1) is 0 Å². The predicted octanol–water partition coefficient (Wildman–Crippen LogP) is -0.0686. The molecule has 7 heavy (non-hydrogen) atoms. The molecule has 0 aliphatic carbocycles. The zero-order valence-corrected chi connectivity index (χ0v) is 6.74. The van der Waals surface area contributed by atoms with Gasteiger partial charge in [0.15, 0.2) is 0 Å². The summed E-state index contributed by atoms with van der Waals surface area (Å²) < 4.78 is 0. The van der Waals surface area contributed by atoms with Crippen molar-refractivity contribution in [2.24, 2.45) is 0 Å². The second-order valence-electron chi connectivity index (χ2n) is 0.553. The van der Waals surface area contributed by atoms with Crippen molar-refractivity contribution in [3.63, 3.8) is 0 Å². The van der Waals surface area contributed by atoms with Crippen LogP contribution in [-0.2, 0) is 19.9 Å². The molecule has 0 atom stereocenters. The molecule has 1 saturated heterocycles. The van der Waals surface area contributed by atoms with Gasteiger partial charge in [0.05, 0.1) is 0 Å². The van der Waals surface area contributed by atoms with Gasteiger partial charge < -0.3 is 0 Å². The zero-order chi connectivity index (χ0) is 4.41. The van der Waals surface area contributed by atoms with Crippen LogP contribution in [0.1, 0.15) is 0 Å². The molecule has 0 spiro atoms. The van der Waals surface area contributed by atoms with Crippen LogP contribution in [0.4, 0.5) is 4.79 Å². The van der Waals surface area contributed by atoms with Crippen LogP contribution in [0.3, 0.4) is 0 Å². The number of hydrogen-bond donors (Lipinski definition) is 0. The first-order valence-electron chi connectivity index (χ1n) is 1.11. The van der Waals surface area contributed by atoms with E-state index in [1.807, 2.05) is 0 Å². The molecule has 0 bridgehead atoms. The van der Waals surface area contributed by atoms with Crippen LogP contribution in [0.2, 0.25) is 0 Å². The third-order valence-electron chi connectivity index (χ3n) is 0.232. The monoisotopic (exact) mass is 231 g/mol. The van der Waals surface area contributed by atoms with E-state index in [2.05, 4.69) is 19.9 Å². The predicted molar refractivity (Wildman–Crippen MR) is 9.74 cm³/mol. The first kappa shape index (κ1) is 7.38. The first-order chi connectivity index (χ1) is 2.89. The van der Waals surface area contributed by atoms with Gasteiger partial charge in [0.2, 0.25) is 0 Å². The molecule has 0 N–H and O–H groups in total. The smallest absolute Gasteiger partial charge is 0.223 e. The molecule has 1 rings (SSSR count). The van der Waals surface area contributed by atoms with Crippen molar-refractivity contribution in [3.8, 4) is 0 Å². The summed E-state index contributed by atoms with van der Waals surface area (Å²) in [4.78, 5) is 16.7. The van der Waals surface area contributed by atoms with E-state index in [-0.39, 0.29) is 35.6 Å². The summed E-state index contributed by atoms with van der Waals surface area (Å²) in [7, 11) is 0. The number of carbonyl (C=O) groups excluding carboxylic acids is 1. The fourth-order valence-corrected chi connectivity index (χ4v) is 0.0972. The Morgan fingerprint density at radius 3 is 1.71 bits per heavy atom. The molecular formula is CLaO5. The van der Waals surface area contributed by atoms with Gasteiger partial charge in [-0.2, -0.15) is 4.79 Å². The van der Waals surface area contributed by atoms with E-state index >= 15 is 0 Å². The summed E-state index contributed by atoms with van der Waals surface area (Å²) in [6.45, 7) is 0. The van der Waals surface area contributed by atoms with Gasteiger partial charge in [-0.1, -0.05) is 0 Å². The molecule has 1 heterocycles. The SMILES string of the molecule is O=C1OOOO1.[La]. The molecule has 0 aromatic carbocycles. The summed E-state index contributed by atoms with van der Waals surface area (Å²) in [6.07, 6.45) is -0.991. The Morgan fingerprint density at radius 1 is 1.14 bits per heavy atom. The quantitative estimate of drug-likeness (QED) is 0.546. The summed E-state index contributed by atoms with van der Waals surface area (Å²) in [5.74, 6) is 0. The van der Waals surface area contributed by atoms with E-state index in [9.17, 15) is 4.79 Å². The van der Waals surface area contributed by atoms with Crippen molar-refractivity contribution in [2.75, 3.05) is 0 Å². The van der Waals surface area contributed by atoms with E-state index in [1.165, 1.54) is 0 Å². The van der Waals surface area contributed by atoms with E-state index in [0.29, 0.717) is 0 Å². The third kappa shape index (κ3) is 2.25. The van der Waals surface area contributed by atoms with Gasteiger partial charge in [-0.25, -0.2) is 9.78 Å². The minimum Gasteiger partial charge on any atom is -0.223 e. The van der Waals surface area contributed by atoms with E-state index in [4.69, 9.17) is 0 Å². The van der Waals surface area contributed by atoms with Gasteiger partial charge in [-0.3, -0.25) is 0 Å². The molecule has 0 amide bonds. The third-order valence-corrected chi connectivity index (χ3v) is 0.232. The number of rotatable bonds is 0. The first-order valence-corrected chi connectivity index (χ1v) is 1.11. The van der Waals surface area contributed by atoms with Crippen LogP contribution in [0.5, 0.6) is 0 Å². The van der Waals surface area contributed by atoms with Gasteiger partial charge >= 0.3 is 6.16 Å². The summed E-state index contributed by atoms with van der Waals surface area (Å²) in [5.41, 5.74) is 0.